The molecule has 0 saturated carbocycles. The van der Waals surface area contributed by atoms with Crippen molar-refractivity contribution in [1.82, 2.24) is 15.1 Å². The number of hydrogen-bond acceptors (Lipinski definition) is 6. The Bertz CT molecular complexity index is 606. The third kappa shape index (κ3) is 2.38. The second kappa shape index (κ2) is 4.97. The van der Waals surface area contributed by atoms with Crippen LogP contribution in [0.3, 0.4) is 0 Å². The number of thiophene rings is 1. The topological polar surface area (TPSA) is 63.8 Å². The maximum absolute atomic E-state index is 5.12. The zero-order valence-corrected chi connectivity index (χ0v) is 10.2. The van der Waals surface area contributed by atoms with Gasteiger partial charge >= 0.3 is 6.01 Å². The summed E-state index contributed by atoms with van der Waals surface area (Å²) in [5.41, 5.74) is 0.838. The smallest absolute Gasteiger partial charge is 0.322 e. The molecule has 0 amide bonds. The van der Waals surface area contributed by atoms with Gasteiger partial charge < -0.3 is 9.84 Å². The second-order valence-electron chi connectivity index (χ2n) is 3.60. The third-order valence-electron chi connectivity index (χ3n) is 2.34. The van der Waals surface area contributed by atoms with Gasteiger partial charge in [-0.1, -0.05) is 11.2 Å². The Labute approximate surface area is 108 Å². The third-order valence-corrected chi connectivity index (χ3v) is 3.22. The Kier molecular flexibility index (Phi) is 3.01. The van der Waals surface area contributed by atoms with E-state index in [1.165, 1.54) is 4.88 Å². The lowest BCUT2D eigenvalue weighted by atomic mass is 10.3. The molecule has 0 radical (unpaired) electrons. The number of anilines is 1. The van der Waals surface area contributed by atoms with Gasteiger partial charge in [-0.15, -0.1) is 11.3 Å². The van der Waals surface area contributed by atoms with E-state index in [9.17, 15) is 0 Å². The normalized spacial score (nSPS) is 10.4. The number of pyridine rings is 1. The van der Waals surface area contributed by atoms with Crippen LogP contribution in [0.15, 0.2) is 46.6 Å². The summed E-state index contributed by atoms with van der Waals surface area (Å²) in [6.45, 7) is 0.687. The molecule has 18 heavy (non-hydrogen) atoms. The highest BCUT2D eigenvalue weighted by Gasteiger charge is 2.07. The van der Waals surface area contributed by atoms with Crippen molar-refractivity contribution in [3.8, 4) is 11.4 Å². The molecule has 0 unspecified atom stereocenters. The average molecular weight is 258 g/mol. The molecule has 3 rings (SSSR count). The van der Waals surface area contributed by atoms with Crippen molar-refractivity contribution in [3.63, 3.8) is 0 Å². The van der Waals surface area contributed by atoms with Gasteiger partial charge in [0.25, 0.3) is 0 Å². The lowest BCUT2D eigenvalue weighted by molar-refractivity contribution is 0.432. The Morgan fingerprint density at radius 3 is 3.06 bits per heavy atom. The minimum atomic E-state index is 0.419. The van der Waals surface area contributed by atoms with Gasteiger partial charge in [0.15, 0.2) is 0 Å². The standard InChI is InChI=1S/C12H10N4OS/c1-3-9(7-13-5-1)11-15-12(17-16-11)14-8-10-4-2-6-18-10/h1-7H,8H2,(H,14,15,16). The molecule has 0 fully saturated rings. The minimum absolute atomic E-state index is 0.419. The first-order chi connectivity index (χ1) is 8.92. The first kappa shape index (κ1) is 10.9. The molecule has 0 aliphatic carbocycles. The second-order valence-corrected chi connectivity index (χ2v) is 4.63. The van der Waals surface area contributed by atoms with Crippen LogP contribution in [0.4, 0.5) is 6.01 Å². The van der Waals surface area contributed by atoms with Crippen molar-refractivity contribution in [1.29, 1.82) is 0 Å². The minimum Gasteiger partial charge on any atom is -0.333 e. The summed E-state index contributed by atoms with van der Waals surface area (Å²) < 4.78 is 5.12. The zero-order valence-electron chi connectivity index (χ0n) is 9.41. The molecular weight excluding hydrogens is 248 g/mol. The molecule has 5 nitrogen and oxygen atoms in total. The van der Waals surface area contributed by atoms with E-state index in [1.54, 1.807) is 23.7 Å². The van der Waals surface area contributed by atoms with E-state index in [0.29, 0.717) is 18.4 Å². The van der Waals surface area contributed by atoms with Gasteiger partial charge in [-0.3, -0.25) is 4.98 Å². The predicted molar refractivity (Wildman–Crippen MR) is 69.2 cm³/mol. The lowest BCUT2D eigenvalue weighted by Gasteiger charge is -1.96. The van der Waals surface area contributed by atoms with Crippen molar-refractivity contribution < 1.29 is 4.52 Å². The van der Waals surface area contributed by atoms with Crippen molar-refractivity contribution in [3.05, 3.63) is 46.9 Å². The molecule has 0 aromatic carbocycles. The number of nitrogens with zero attached hydrogens (tertiary/aromatic N) is 3. The van der Waals surface area contributed by atoms with Crippen molar-refractivity contribution >= 4 is 17.4 Å². The molecule has 0 aliphatic rings. The average Bonchev–Trinajstić information content (AvgIpc) is 3.09. The van der Waals surface area contributed by atoms with Crippen molar-refractivity contribution in [2.24, 2.45) is 0 Å². The van der Waals surface area contributed by atoms with Crippen LogP contribution in [0.1, 0.15) is 4.88 Å². The summed E-state index contributed by atoms with van der Waals surface area (Å²) in [4.78, 5) is 9.49. The van der Waals surface area contributed by atoms with Crippen LogP contribution < -0.4 is 5.32 Å². The van der Waals surface area contributed by atoms with Crippen molar-refractivity contribution in [2.45, 2.75) is 6.54 Å². The van der Waals surface area contributed by atoms with Gasteiger partial charge in [-0.2, -0.15) is 4.98 Å². The largest absolute Gasteiger partial charge is 0.333 e. The van der Waals surface area contributed by atoms with Gasteiger partial charge in [-0.25, -0.2) is 0 Å². The molecule has 0 atom stereocenters. The molecule has 3 aromatic rings. The predicted octanol–water partition coefficient (Wildman–Crippen LogP) is 2.81. The molecular formula is C12H10N4OS. The van der Waals surface area contributed by atoms with Crippen LogP contribution in [0.2, 0.25) is 0 Å². The van der Waals surface area contributed by atoms with Gasteiger partial charge in [0, 0.05) is 22.8 Å². The van der Waals surface area contributed by atoms with E-state index in [4.69, 9.17) is 4.52 Å². The number of aromatic nitrogens is 3. The summed E-state index contributed by atoms with van der Waals surface area (Å²) in [6, 6.07) is 8.21. The van der Waals surface area contributed by atoms with E-state index in [2.05, 4.69) is 26.5 Å². The number of hydrogen-bond donors (Lipinski definition) is 1. The van der Waals surface area contributed by atoms with Crippen LogP contribution >= 0.6 is 11.3 Å². The van der Waals surface area contributed by atoms with Crippen LogP contribution in [0.25, 0.3) is 11.4 Å². The van der Waals surface area contributed by atoms with Crippen LogP contribution in [0, 0.1) is 0 Å². The van der Waals surface area contributed by atoms with Crippen LogP contribution in [-0.2, 0) is 6.54 Å². The molecule has 1 N–H and O–H groups in total. The Morgan fingerprint density at radius 1 is 1.28 bits per heavy atom. The van der Waals surface area contributed by atoms with E-state index in [0.717, 1.165) is 5.56 Å². The lowest BCUT2D eigenvalue weighted by Crippen LogP contribution is -1.97. The summed E-state index contributed by atoms with van der Waals surface area (Å²) in [7, 11) is 0. The fourth-order valence-electron chi connectivity index (χ4n) is 1.48. The van der Waals surface area contributed by atoms with Gasteiger partial charge in [0.2, 0.25) is 5.82 Å². The summed E-state index contributed by atoms with van der Waals surface area (Å²) in [5, 5.41) is 9.02. The first-order valence-corrected chi connectivity index (χ1v) is 6.30. The highest BCUT2D eigenvalue weighted by molar-refractivity contribution is 7.09. The maximum atomic E-state index is 5.12. The van der Waals surface area contributed by atoms with E-state index in [1.807, 2.05) is 23.6 Å². The fraction of sp³-hybridized carbons (Fsp3) is 0.0833. The van der Waals surface area contributed by atoms with E-state index in [-0.39, 0.29) is 0 Å². The monoisotopic (exact) mass is 258 g/mol. The molecule has 0 spiro atoms. The Hall–Kier alpha value is -2.21. The highest BCUT2D eigenvalue weighted by Crippen LogP contribution is 2.17. The van der Waals surface area contributed by atoms with E-state index < -0.39 is 0 Å². The maximum Gasteiger partial charge on any atom is 0.322 e. The van der Waals surface area contributed by atoms with Crippen LogP contribution in [0.5, 0.6) is 0 Å². The first-order valence-electron chi connectivity index (χ1n) is 5.42. The van der Waals surface area contributed by atoms with Crippen molar-refractivity contribution in [2.75, 3.05) is 5.32 Å². The molecule has 3 heterocycles. The highest BCUT2D eigenvalue weighted by atomic mass is 32.1. The fourth-order valence-corrected chi connectivity index (χ4v) is 2.13. The zero-order chi connectivity index (χ0) is 12.2. The SMILES string of the molecule is c1cncc(-c2noc(NCc3cccs3)n2)c1. The molecule has 0 aliphatic heterocycles. The molecule has 3 aromatic heterocycles. The van der Waals surface area contributed by atoms with Gasteiger partial charge in [-0.05, 0) is 23.6 Å². The summed E-state index contributed by atoms with van der Waals surface area (Å²) in [6.07, 6.45) is 3.41. The Morgan fingerprint density at radius 2 is 2.28 bits per heavy atom. The quantitative estimate of drug-likeness (QED) is 0.779. The Balaban J connectivity index is 1.70. The van der Waals surface area contributed by atoms with Gasteiger partial charge in [0.1, 0.15) is 0 Å². The molecule has 0 saturated heterocycles. The van der Waals surface area contributed by atoms with Crippen LogP contribution in [-0.4, -0.2) is 15.1 Å². The van der Waals surface area contributed by atoms with Gasteiger partial charge in [0.05, 0.1) is 6.54 Å². The number of rotatable bonds is 4. The summed E-state index contributed by atoms with van der Waals surface area (Å²) in [5.74, 6) is 0.539. The van der Waals surface area contributed by atoms with E-state index >= 15 is 0 Å². The summed E-state index contributed by atoms with van der Waals surface area (Å²) >= 11 is 1.68. The molecule has 6 heteroatoms. The number of nitrogens with one attached hydrogen (secondary N) is 1. The molecule has 90 valence electrons. The molecule has 0 bridgehead atoms.